The Morgan fingerprint density at radius 2 is 2.11 bits per heavy atom. The molecule has 0 saturated carbocycles. The topological polar surface area (TPSA) is 80.7 Å². The zero-order valence-corrected chi connectivity index (χ0v) is 15.4. The van der Waals surface area contributed by atoms with E-state index in [4.69, 9.17) is 14.5 Å². The molecule has 142 valence electrons. The molecule has 27 heavy (non-hydrogen) atoms. The van der Waals surface area contributed by atoms with E-state index in [0.717, 1.165) is 49.6 Å². The van der Waals surface area contributed by atoms with E-state index in [0.29, 0.717) is 25.7 Å². The van der Waals surface area contributed by atoms with E-state index in [1.807, 2.05) is 19.1 Å². The van der Waals surface area contributed by atoms with E-state index in [-0.39, 0.29) is 5.97 Å². The largest absolute Gasteiger partial charge is 0.492 e. The zero-order valence-electron chi connectivity index (χ0n) is 15.4. The second kappa shape index (κ2) is 7.87. The lowest BCUT2D eigenvalue weighted by Gasteiger charge is -2.33. The highest BCUT2D eigenvalue weighted by Crippen LogP contribution is 2.35. The van der Waals surface area contributed by atoms with Gasteiger partial charge in [-0.25, -0.2) is 4.98 Å². The Balaban J connectivity index is 1.45. The van der Waals surface area contributed by atoms with E-state index < -0.39 is 0 Å². The molecule has 0 bridgehead atoms. The van der Waals surface area contributed by atoms with Crippen molar-refractivity contribution in [3.05, 3.63) is 30.0 Å². The molecule has 2 aliphatic heterocycles. The van der Waals surface area contributed by atoms with E-state index in [1.165, 1.54) is 5.56 Å². The predicted octanol–water partition coefficient (Wildman–Crippen LogP) is 1.16. The van der Waals surface area contributed by atoms with Crippen LogP contribution < -0.4 is 9.64 Å². The van der Waals surface area contributed by atoms with Crippen molar-refractivity contribution in [2.45, 2.75) is 13.3 Å². The van der Waals surface area contributed by atoms with Gasteiger partial charge in [0.25, 0.3) is 0 Å². The molecule has 0 unspecified atom stereocenters. The van der Waals surface area contributed by atoms with Gasteiger partial charge >= 0.3 is 5.97 Å². The van der Waals surface area contributed by atoms with Crippen LogP contribution in [-0.2, 0) is 16.0 Å². The second-order valence-electron chi connectivity index (χ2n) is 6.60. The molecule has 1 aromatic carbocycles. The number of hydrogen-bond acceptors (Lipinski definition) is 8. The Kier molecular flexibility index (Phi) is 5.15. The Bertz CT molecular complexity index is 821. The number of esters is 1. The molecule has 3 heterocycles. The molecule has 2 aliphatic rings. The smallest absolute Gasteiger partial charge is 0.320 e. The van der Waals surface area contributed by atoms with Gasteiger partial charge in [0, 0.05) is 38.2 Å². The van der Waals surface area contributed by atoms with Gasteiger partial charge in [0.05, 0.1) is 31.6 Å². The van der Waals surface area contributed by atoms with E-state index in [9.17, 15) is 4.79 Å². The van der Waals surface area contributed by atoms with Gasteiger partial charge < -0.3 is 14.4 Å². The molecule has 1 saturated heterocycles. The maximum Gasteiger partial charge on any atom is 0.320 e. The molecule has 0 spiro atoms. The molecule has 0 atom stereocenters. The highest BCUT2D eigenvalue weighted by Gasteiger charge is 2.23. The maximum atomic E-state index is 11.6. The molecule has 8 heteroatoms. The van der Waals surface area contributed by atoms with E-state index in [2.05, 4.69) is 26.1 Å². The minimum Gasteiger partial charge on any atom is -0.492 e. The summed E-state index contributed by atoms with van der Waals surface area (Å²) in [5.41, 5.74) is 2.94. The summed E-state index contributed by atoms with van der Waals surface area (Å²) in [5.74, 6) is 1.34. The van der Waals surface area contributed by atoms with Crippen LogP contribution in [0, 0.1) is 0 Å². The lowest BCUT2D eigenvalue weighted by atomic mass is 10.1. The van der Waals surface area contributed by atoms with Crippen molar-refractivity contribution in [1.82, 2.24) is 20.1 Å². The summed E-state index contributed by atoms with van der Waals surface area (Å²) in [4.78, 5) is 20.5. The number of anilines is 1. The Morgan fingerprint density at radius 3 is 2.93 bits per heavy atom. The summed E-state index contributed by atoms with van der Waals surface area (Å²) in [6.45, 7) is 6.28. The highest BCUT2D eigenvalue weighted by atomic mass is 16.5. The van der Waals surface area contributed by atoms with Crippen molar-refractivity contribution in [1.29, 1.82) is 0 Å². The third-order valence-corrected chi connectivity index (χ3v) is 4.85. The van der Waals surface area contributed by atoms with Gasteiger partial charge in [0.1, 0.15) is 5.75 Å². The fraction of sp³-hybridized carbons (Fsp3) is 0.474. The molecule has 1 fully saturated rings. The lowest BCUT2D eigenvalue weighted by molar-refractivity contribution is -0.144. The van der Waals surface area contributed by atoms with E-state index >= 15 is 0 Å². The molecule has 4 rings (SSSR count). The summed E-state index contributed by atoms with van der Waals surface area (Å²) in [5, 5.41) is 8.37. The number of nitrogens with zero attached hydrogens (tertiary/aromatic N) is 5. The van der Waals surface area contributed by atoms with Gasteiger partial charge in [0.15, 0.2) is 0 Å². The number of hydrogen-bond donors (Lipinski definition) is 0. The monoisotopic (exact) mass is 369 g/mol. The first kappa shape index (κ1) is 17.7. The summed E-state index contributed by atoms with van der Waals surface area (Å²) in [6, 6.07) is 6.12. The average Bonchev–Trinajstić information content (AvgIpc) is 3.18. The molecule has 0 amide bonds. The van der Waals surface area contributed by atoms with Crippen molar-refractivity contribution in [2.24, 2.45) is 0 Å². The average molecular weight is 369 g/mol. The summed E-state index contributed by atoms with van der Waals surface area (Å²) in [6.07, 6.45) is 2.61. The van der Waals surface area contributed by atoms with Crippen molar-refractivity contribution in [3.8, 4) is 17.0 Å². The van der Waals surface area contributed by atoms with Crippen molar-refractivity contribution >= 4 is 11.9 Å². The summed E-state index contributed by atoms with van der Waals surface area (Å²) in [7, 11) is 0. The lowest BCUT2D eigenvalue weighted by Crippen LogP contribution is -2.48. The Labute approximate surface area is 158 Å². The van der Waals surface area contributed by atoms with Gasteiger partial charge in [-0.1, -0.05) is 12.1 Å². The number of rotatable bonds is 5. The first-order chi connectivity index (χ1) is 13.2. The van der Waals surface area contributed by atoms with Gasteiger partial charge in [-0.3, -0.25) is 9.69 Å². The minimum absolute atomic E-state index is 0.177. The van der Waals surface area contributed by atoms with Crippen LogP contribution in [0.25, 0.3) is 11.3 Å². The van der Waals surface area contributed by atoms with Crippen LogP contribution in [0.3, 0.4) is 0 Å². The van der Waals surface area contributed by atoms with Gasteiger partial charge in [-0.2, -0.15) is 5.10 Å². The SMILES string of the molecule is CCOC(=O)CN1CCN(c2nncc(-c3cccc4c3OCC4)n2)CC1. The van der Waals surface area contributed by atoms with Crippen molar-refractivity contribution in [2.75, 3.05) is 50.8 Å². The van der Waals surface area contributed by atoms with Crippen LogP contribution in [0.15, 0.2) is 24.4 Å². The molecular formula is C19H23N5O3. The Morgan fingerprint density at radius 1 is 1.26 bits per heavy atom. The number of piperazine rings is 1. The standard InChI is InChI=1S/C19H23N5O3/c1-2-26-17(25)13-23-7-9-24(10-8-23)19-21-16(12-20-22-19)15-5-3-4-14-6-11-27-18(14)15/h3-5,12H,2,6-11,13H2,1H3. The number of ether oxygens (including phenoxy) is 2. The zero-order chi connectivity index (χ0) is 18.6. The normalized spacial score (nSPS) is 16.7. The van der Waals surface area contributed by atoms with Gasteiger partial charge in [0.2, 0.25) is 5.95 Å². The fourth-order valence-electron chi connectivity index (χ4n) is 3.47. The first-order valence-corrected chi connectivity index (χ1v) is 9.32. The van der Waals surface area contributed by atoms with Crippen LogP contribution in [-0.4, -0.2) is 72.0 Å². The number of benzene rings is 1. The van der Waals surface area contributed by atoms with Crippen LogP contribution >= 0.6 is 0 Å². The maximum absolute atomic E-state index is 11.6. The van der Waals surface area contributed by atoms with E-state index in [1.54, 1.807) is 6.20 Å². The number of carbonyl (C=O) groups is 1. The van der Waals surface area contributed by atoms with Crippen LogP contribution in [0.2, 0.25) is 0 Å². The van der Waals surface area contributed by atoms with Crippen molar-refractivity contribution in [3.63, 3.8) is 0 Å². The predicted molar refractivity (Wildman–Crippen MR) is 99.7 cm³/mol. The quantitative estimate of drug-likeness (QED) is 0.727. The highest BCUT2D eigenvalue weighted by molar-refractivity contribution is 5.72. The number of carbonyl (C=O) groups excluding carboxylic acids is 1. The van der Waals surface area contributed by atoms with Gasteiger partial charge in [-0.15, -0.1) is 5.10 Å². The summed E-state index contributed by atoms with van der Waals surface area (Å²) >= 11 is 0. The fourth-order valence-corrected chi connectivity index (χ4v) is 3.47. The van der Waals surface area contributed by atoms with Crippen LogP contribution in [0.4, 0.5) is 5.95 Å². The number of fused-ring (bicyclic) bond motifs is 1. The number of aromatic nitrogens is 3. The van der Waals surface area contributed by atoms with Crippen LogP contribution in [0.1, 0.15) is 12.5 Å². The third-order valence-electron chi connectivity index (χ3n) is 4.85. The minimum atomic E-state index is -0.177. The summed E-state index contributed by atoms with van der Waals surface area (Å²) < 4.78 is 10.8. The molecular weight excluding hydrogens is 346 g/mol. The molecule has 0 N–H and O–H groups in total. The molecule has 0 radical (unpaired) electrons. The molecule has 8 nitrogen and oxygen atoms in total. The first-order valence-electron chi connectivity index (χ1n) is 9.32. The van der Waals surface area contributed by atoms with Gasteiger partial charge in [-0.05, 0) is 18.6 Å². The number of para-hydroxylation sites is 1. The molecule has 1 aromatic heterocycles. The van der Waals surface area contributed by atoms with Crippen molar-refractivity contribution < 1.29 is 14.3 Å². The molecule has 0 aliphatic carbocycles. The molecule has 2 aromatic rings. The second-order valence-corrected chi connectivity index (χ2v) is 6.60. The Hall–Kier alpha value is -2.74. The third kappa shape index (κ3) is 3.85. The van der Waals surface area contributed by atoms with Crippen LogP contribution in [0.5, 0.6) is 5.75 Å².